The van der Waals surface area contributed by atoms with Crippen LogP contribution in [0.25, 0.3) is 0 Å². The van der Waals surface area contributed by atoms with Crippen molar-refractivity contribution in [3.63, 3.8) is 0 Å². The molecule has 19 heavy (non-hydrogen) atoms. The highest BCUT2D eigenvalue weighted by Gasteiger charge is 2.19. The number of halogens is 1. The first-order valence-corrected chi connectivity index (χ1v) is 7.03. The minimum atomic E-state index is -0.322. The Labute approximate surface area is 116 Å². The highest BCUT2D eigenvalue weighted by Crippen LogP contribution is 2.19. The Morgan fingerprint density at radius 1 is 1.37 bits per heavy atom. The van der Waals surface area contributed by atoms with Crippen LogP contribution in [0.2, 0.25) is 0 Å². The Kier molecular flexibility index (Phi) is 6.38. The molecule has 3 atom stereocenters. The van der Waals surface area contributed by atoms with Crippen molar-refractivity contribution >= 4 is 0 Å². The molecule has 0 saturated carbocycles. The van der Waals surface area contributed by atoms with Crippen LogP contribution in [0.1, 0.15) is 45.3 Å². The van der Waals surface area contributed by atoms with E-state index in [9.17, 15) is 4.39 Å². The van der Waals surface area contributed by atoms with Gasteiger partial charge in [0.1, 0.15) is 5.82 Å². The smallest absolute Gasteiger partial charge is 0.141 e. The van der Waals surface area contributed by atoms with Crippen LogP contribution in [0.4, 0.5) is 4.39 Å². The van der Waals surface area contributed by atoms with Crippen LogP contribution in [0, 0.1) is 11.7 Å². The van der Waals surface area contributed by atoms with Crippen LogP contribution in [0.15, 0.2) is 18.3 Å². The molecule has 1 aromatic rings. The van der Waals surface area contributed by atoms with Crippen LogP contribution in [0.5, 0.6) is 0 Å². The van der Waals surface area contributed by atoms with Crippen molar-refractivity contribution in [2.24, 2.45) is 11.7 Å². The van der Waals surface area contributed by atoms with E-state index in [4.69, 9.17) is 5.73 Å². The van der Waals surface area contributed by atoms with Gasteiger partial charge in [-0.25, -0.2) is 4.39 Å². The molecule has 0 saturated heterocycles. The quantitative estimate of drug-likeness (QED) is 0.826. The lowest BCUT2D eigenvalue weighted by Gasteiger charge is -2.29. The second kappa shape index (κ2) is 7.56. The van der Waals surface area contributed by atoms with Crippen LogP contribution >= 0.6 is 0 Å². The van der Waals surface area contributed by atoms with Crippen LogP contribution in [0.3, 0.4) is 0 Å². The number of pyridine rings is 1. The summed E-state index contributed by atoms with van der Waals surface area (Å²) in [4.78, 5) is 6.40. The standard InChI is InChI=1S/C15H26FN3/c1-5-6-12(3)19(4)10-11(2)15(17)14-8-7-13(16)9-18-14/h7-9,11-12,15H,5-6,10,17H2,1-4H3. The molecule has 1 rings (SSSR count). The van der Waals surface area contributed by atoms with Gasteiger partial charge in [0.15, 0.2) is 0 Å². The maximum atomic E-state index is 12.8. The number of nitrogens with zero attached hydrogens (tertiary/aromatic N) is 2. The number of nitrogens with two attached hydrogens (primary N) is 1. The van der Waals surface area contributed by atoms with Crippen LogP contribution < -0.4 is 5.73 Å². The lowest BCUT2D eigenvalue weighted by molar-refractivity contribution is 0.201. The van der Waals surface area contributed by atoms with Crippen molar-refractivity contribution in [3.05, 3.63) is 29.8 Å². The summed E-state index contributed by atoms with van der Waals surface area (Å²) in [5.41, 5.74) is 6.95. The predicted molar refractivity (Wildman–Crippen MR) is 77.3 cm³/mol. The Morgan fingerprint density at radius 2 is 2.05 bits per heavy atom. The fourth-order valence-corrected chi connectivity index (χ4v) is 2.26. The molecule has 3 unspecified atom stereocenters. The monoisotopic (exact) mass is 267 g/mol. The highest BCUT2D eigenvalue weighted by atomic mass is 19.1. The predicted octanol–water partition coefficient (Wildman–Crippen LogP) is 2.98. The summed E-state index contributed by atoms with van der Waals surface area (Å²) >= 11 is 0. The van der Waals surface area contributed by atoms with Crippen LogP contribution in [-0.4, -0.2) is 29.5 Å². The third kappa shape index (κ3) is 4.88. The van der Waals surface area contributed by atoms with E-state index in [2.05, 4.69) is 37.7 Å². The Balaban J connectivity index is 2.57. The molecule has 2 N–H and O–H groups in total. The summed E-state index contributed by atoms with van der Waals surface area (Å²) in [5, 5.41) is 0. The fourth-order valence-electron chi connectivity index (χ4n) is 2.26. The van der Waals surface area contributed by atoms with Gasteiger partial charge in [-0.2, -0.15) is 0 Å². The summed E-state index contributed by atoms with van der Waals surface area (Å²) < 4.78 is 12.8. The molecular formula is C15H26FN3. The first kappa shape index (κ1) is 16.1. The Morgan fingerprint density at radius 3 is 2.58 bits per heavy atom. The van der Waals surface area contributed by atoms with Crippen molar-refractivity contribution in [2.75, 3.05) is 13.6 Å². The zero-order valence-corrected chi connectivity index (χ0v) is 12.4. The minimum Gasteiger partial charge on any atom is -0.322 e. The van der Waals surface area contributed by atoms with E-state index in [-0.39, 0.29) is 17.8 Å². The number of hydrogen-bond acceptors (Lipinski definition) is 3. The Hall–Kier alpha value is -1.00. The SMILES string of the molecule is CCCC(C)N(C)CC(C)C(N)c1ccc(F)cn1. The molecule has 108 valence electrons. The average Bonchev–Trinajstić information content (AvgIpc) is 2.38. The second-order valence-corrected chi connectivity index (χ2v) is 5.48. The van der Waals surface area contributed by atoms with Crippen molar-refractivity contribution in [1.29, 1.82) is 0 Å². The van der Waals surface area contributed by atoms with Gasteiger partial charge in [0.2, 0.25) is 0 Å². The highest BCUT2D eigenvalue weighted by molar-refractivity contribution is 5.10. The maximum Gasteiger partial charge on any atom is 0.141 e. The summed E-state index contributed by atoms with van der Waals surface area (Å²) in [6.45, 7) is 7.46. The molecule has 0 aliphatic carbocycles. The van der Waals surface area contributed by atoms with Gasteiger partial charge >= 0.3 is 0 Å². The lowest BCUT2D eigenvalue weighted by Crippen LogP contribution is -2.36. The molecule has 3 nitrogen and oxygen atoms in total. The van der Waals surface area contributed by atoms with E-state index in [0.717, 1.165) is 12.2 Å². The van der Waals surface area contributed by atoms with Crippen molar-refractivity contribution in [2.45, 2.75) is 45.7 Å². The minimum absolute atomic E-state index is 0.156. The van der Waals surface area contributed by atoms with Gasteiger partial charge in [-0.3, -0.25) is 4.98 Å². The number of hydrogen-bond donors (Lipinski definition) is 1. The molecule has 0 fully saturated rings. The van der Waals surface area contributed by atoms with E-state index >= 15 is 0 Å². The summed E-state index contributed by atoms with van der Waals surface area (Å²) in [5.74, 6) is -0.0421. The Bertz CT molecular complexity index is 366. The second-order valence-electron chi connectivity index (χ2n) is 5.48. The molecule has 0 amide bonds. The molecule has 0 aromatic carbocycles. The van der Waals surface area contributed by atoms with Gasteiger partial charge in [0.05, 0.1) is 17.9 Å². The van der Waals surface area contributed by atoms with Gasteiger partial charge in [-0.05, 0) is 38.4 Å². The van der Waals surface area contributed by atoms with Crippen molar-refractivity contribution < 1.29 is 4.39 Å². The van der Waals surface area contributed by atoms with Gasteiger partial charge in [-0.1, -0.05) is 20.3 Å². The van der Waals surface area contributed by atoms with Gasteiger partial charge in [0, 0.05) is 12.6 Å². The van der Waals surface area contributed by atoms with E-state index in [1.165, 1.54) is 25.1 Å². The van der Waals surface area contributed by atoms with E-state index in [0.29, 0.717) is 6.04 Å². The average molecular weight is 267 g/mol. The molecule has 1 heterocycles. The molecular weight excluding hydrogens is 241 g/mol. The van der Waals surface area contributed by atoms with E-state index in [1.54, 1.807) is 6.07 Å². The molecule has 1 aromatic heterocycles. The van der Waals surface area contributed by atoms with E-state index in [1.807, 2.05) is 0 Å². The van der Waals surface area contributed by atoms with Gasteiger partial charge in [-0.15, -0.1) is 0 Å². The molecule has 0 aliphatic heterocycles. The summed E-state index contributed by atoms with van der Waals surface area (Å²) in [7, 11) is 2.13. The number of aromatic nitrogens is 1. The zero-order chi connectivity index (χ0) is 14.4. The van der Waals surface area contributed by atoms with Crippen molar-refractivity contribution in [3.8, 4) is 0 Å². The van der Waals surface area contributed by atoms with Crippen LogP contribution in [-0.2, 0) is 0 Å². The third-order valence-corrected chi connectivity index (χ3v) is 3.74. The molecule has 0 radical (unpaired) electrons. The fraction of sp³-hybridized carbons (Fsp3) is 0.667. The first-order chi connectivity index (χ1) is 8.95. The number of rotatable bonds is 7. The largest absolute Gasteiger partial charge is 0.322 e. The molecule has 0 spiro atoms. The first-order valence-electron chi connectivity index (χ1n) is 7.03. The normalized spacial score (nSPS) is 16.4. The molecule has 4 heteroatoms. The van der Waals surface area contributed by atoms with Gasteiger partial charge < -0.3 is 10.6 Å². The lowest BCUT2D eigenvalue weighted by atomic mass is 9.98. The van der Waals surface area contributed by atoms with E-state index < -0.39 is 0 Å². The summed E-state index contributed by atoms with van der Waals surface area (Å²) in [6, 6.07) is 3.49. The topological polar surface area (TPSA) is 42.1 Å². The zero-order valence-electron chi connectivity index (χ0n) is 12.4. The summed E-state index contributed by atoms with van der Waals surface area (Å²) in [6.07, 6.45) is 3.60. The third-order valence-electron chi connectivity index (χ3n) is 3.74. The van der Waals surface area contributed by atoms with Crippen molar-refractivity contribution in [1.82, 2.24) is 9.88 Å². The maximum absolute atomic E-state index is 12.8. The molecule has 0 aliphatic rings. The molecule has 0 bridgehead atoms. The van der Waals surface area contributed by atoms with Gasteiger partial charge in [0.25, 0.3) is 0 Å².